The van der Waals surface area contributed by atoms with E-state index >= 15 is 0 Å². The lowest BCUT2D eigenvalue weighted by Gasteiger charge is -2.12. The van der Waals surface area contributed by atoms with Gasteiger partial charge in [-0.15, -0.1) is 0 Å². The van der Waals surface area contributed by atoms with Gasteiger partial charge < -0.3 is 0 Å². The normalized spacial score (nSPS) is 11.2. The van der Waals surface area contributed by atoms with E-state index in [0.717, 1.165) is 78.0 Å². The first-order valence-corrected chi connectivity index (χ1v) is 16.4. The van der Waals surface area contributed by atoms with Gasteiger partial charge in [-0.25, -0.2) is 19.9 Å². The van der Waals surface area contributed by atoms with E-state index in [-0.39, 0.29) is 0 Å². The zero-order chi connectivity index (χ0) is 33.3. The Labute approximate surface area is 288 Å². The minimum Gasteiger partial charge on any atom is -0.255 e. The molecule has 0 saturated heterocycles. The Balaban J connectivity index is 1.15. The van der Waals surface area contributed by atoms with Crippen molar-refractivity contribution in [3.63, 3.8) is 0 Å². The quantitative estimate of drug-likeness (QED) is 0.180. The molecule has 6 nitrogen and oxygen atoms in total. The Morgan fingerprint density at radius 2 is 0.720 bits per heavy atom. The lowest BCUT2D eigenvalue weighted by atomic mass is 9.96. The minimum atomic E-state index is 0.676. The molecule has 0 aliphatic carbocycles. The minimum absolute atomic E-state index is 0.676. The number of hydrogen-bond acceptors (Lipinski definition) is 6. The third-order valence-corrected chi connectivity index (χ3v) is 8.80. The molecule has 0 atom stereocenters. The van der Waals surface area contributed by atoms with Crippen LogP contribution in [0.5, 0.6) is 0 Å². The van der Waals surface area contributed by atoms with Crippen LogP contribution in [0, 0.1) is 0 Å². The topological polar surface area (TPSA) is 77.3 Å². The first-order chi connectivity index (χ1) is 24.8. The van der Waals surface area contributed by atoms with Crippen LogP contribution < -0.4 is 0 Å². The highest BCUT2D eigenvalue weighted by atomic mass is 14.9. The van der Waals surface area contributed by atoms with Crippen LogP contribution in [0.15, 0.2) is 170 Å². The zero-order valence-electron chi connectivity index (χ0n) is 26.8. The molecule has 5 aromatic carbocycles. The van der Waals surface area contributed by atoms with E-state index in [1.165, 1.54) is 0 Å². The van der Waals surface area contributed by atoms with Gasteiger partial charge in [0.15, 0.2) is 11.6 Å². The second-order valence-corrected chi connectivity index (χ2v) is 12.0. The largest absolute Gasteiger partial charge is 0.255 e. The molecule has 9 aromatic rings. The van der Waals surface area contributed by atoms with E-state index in [1.54, 1.807) is 12.4 Å². The van der Waals surface area contributed by atoms with Crippen LogP contribution in [0.1, 0.15) is 0 Å². The first-order valence-electron chi connectivity index (χ1n) is 16.4. The summed E-state index contributed by atoms with van der Waals surface area (Å²) in [5, 5.41) is 1.90. The van der Waals surface area contributed by atoms with Gasteiger partial charge in [-0.3, -0.25) is 9.97 Å². The lowest BCUT2D eigenvalue weighted by Crippen LogP contribution is -1.97. The summed E-state index contributed by atoms with van der Waals surface area (Å²) in [6.07, 6.45) is 3.60. The van der Waals surface area contributed by atoms with Gasteiger partial charge in [-0.05, 0) is 76.9 Å². The maximum absolute atomic E-state index is 5.04. The molecule has 0 spiro atoms. The fourth-order valence-electron chi connectivity index (χ4n) is 6.32. The summed E-state index contributed by atoms with van der Waals surface area (Å²) in [6, 6.07) is 53.3. The molecule has 0 fully saturated rings. The molecular weight excluding hydrogens is 613 g/mol. The molecule has 234 valence electrons. The van der Waals surface area contributed by atoms with Crippen LogP contribution in [-0.2, 0) is 0 Å². The van der Waals surface area contributed by atoms with Gasteiger partial charge >= 0.3 is 0 Å². The van der Waals surface area contributed by atoms with Crippen molar-refractivity contribution in [2.45, 2.75) is 0 Å². The molecule has 4 aromatic heterocycles. The molecular formula is C44H28N6. The van der Waals surface area contributed by atoms with Crippen molar-refractivity contribution in [1.29, 1.82) is 0 Å². The summed E-state index contributed by atoms with van der Waals surface area (Å²) >= 11 is 0. The van der Waals surface area contributed by atoms with Crippen molar-refractivity contribution in [1.82, 2.24) is 29.9 Å². The van der Waals surface area contributed by atoms with Gasteiger partial charge in [-0.2, -0.15) is 0 Å². The fourth-order valence-corrected chi connectivity index (χ4v) is 6.32. The molecule has 0 aliphatic rings. The number of fused-ring (bicyclic) bond motifs is 2. The Hall–Kier alpha value is -6.92. The van der Waals surface area contributed by atoms with Crippen molar-refractivity contribution >= 4 is 21.8 Å². The van der Waals surface area contributed by atoms with Gasteiger partial charge in [0, 0.05) is 34.3 Å². The maximum Gasteiger partial charge on any atom is 0.160 e. The molecule has 0 bridgehead atoms. The monoisotopic (exact) mass is 640 g/mol. The lowest BCUT2D eigenvalue weighted by molar-refractivity contribution is 1.20. The number of nitrogens with zero attached hydrogens (tertiary/aromatic N) is 6. The molecule has 0 aliphatic heterocycles. The average Bonchev–Trinajstić information content (AvgIpc) is 3.21. The fraction of sp³-hybridized carbons (Fsp3) is 0. The second kappa shape index (κ2) is 12.6. The third kappa shape index (κ3) is 5.55. The Bertz CT molecular complexity index is 2450. The van der Waals surface area contributed by atoms with Gasteiger partial charge in [0.2, 0.25) is 0 Å². The van der Waals surface area contributed by atoms with E-state index in [1.807, 2.05) is 97.1 Å². The second-order valence-electron chi connectivity index (χ2n) is 12.0. The Morgan fingerprint density at radius 3 is 1.16 bits per heavy atom. The summed E-state index contributed by atoms with van der Waals surface area (Å²) in [6.45, 7) is 0. The number of hydrogen-bond donors (Lipinski definition) is 0. The Kier molecular flexibility index (Phi) is 7.37. The van der Waals surface area contributed by atoms with E-state index in [0.29, 0.717) is 11.6 Å². The third-order valence-electron chi connectivity index (χ3n) is 8.80. The molecule has 9 rings (SSSR count). The molecule has 0 radical (unpaired) electrons. The van der Waals surface area contributed by atoms with Crippen LogP contribution in [-0.4, -0.2) is 29.9 Å². The van der Waals surface area contributed by atoms with Crippen molar-refractivity contribution in [2.75, 3.05) is 0 Å². The first kappa shape index (κ1) is 29.2. The van der Waals surface area contributed by atoms with E-state index in [4.69, 9.17) is 19.9 Å². The van der Waals surface area contributed by atoms with E-state index < -0.39 is 0 Å². The van der Waals surface area contributed by atoms with Crippen molar-refractivity contribution < 1.29 is 0 Å². The van der Waals surface area contributed by atoms with Crippen LogP contribution >= 0.6 is 0 Å². The smallest absolute Gasteiger partial charge is 0.160 e. The van der Waals surface area contributed by atoms with E-state index in [2.05, 4.69) is 70.6 Å². The summed E-state index contributed by atoms with van der Waals surface area (Å²) in [4.78, 5) is 29.3. The molecule has 6 heteroatoms. The number of rotatable bonds is 6. The molecule has 0 unspecified atom stereocenters. The van der Waals surface area contributed by atoms with Crippen molar-refractivity contribution in [3.8, 4) is 67.8 Å². The predicted molar refractivity (Wildman–Crippen MR) is 201 cm³/mol. The number of aromatic nitrogens is 6. The molecule has 0 N–H and O–H groups in total. The van der Waals surface area contributed by atoms with Crippen molar-refractivity contribution in [3.05, 3.63) is 170 Å². The highest BCUT2D eigenvalue weighted by molar-refractivity contribution is 5.97. The van der Waals surface area contributed by atoms with Gasteiger partial charge in [0.05, 0.1) is 22.4 Å². The van der Waals surface area contributed by atoms with Crippen LogP contribution in [0.25, 0.3) is 89.6 Å². The predicted octanol–water partition coefficient (Wildman–Crippen LogP) is 10.4. The van der Waals surface area contributed by atoms with Crippen LogP contribution in [0.3, 0.4) is 0 Å². The molecule has 0 saturated carbocycles. The van der Waals surface area contributed by atoms with Crippen molar-refractivity contribution in [2.24, 2.45) is 0 Å². The summed E-state index contributed by atoms with van der Waals surface area (Å²) in [7, 11) is 0. The van der Waals surface area contributed by atoms with Gasteiger partial charge in [0.25, 0.3) is 0 Å². The van der Waals surface area contributed by atoms with Crippen LogP contribution in [0.2, 0.25) is 0 Å². The standard InChI is InChI=1S/C44H28N6/c1-3-12-29(13-4-1)43-47-37-22-20-33(27-35(37)41(49-43)39-18-7-9-24-45-39)31-16-11-17-32(26-31)34-21-23-38-36(28-34)42(40-19-8-10-25-46-40)50-44(48-38)30-14-5-2-6-15-30/h1-28H. The molecule has 50 heavy (non-hydrogen) atoms. The SMILES string of the molecule is c1ccc(-c2nc(-c3ccccn3)c3cc(-c4cccc(-c5ccc6nc(-c7ccccc7)nc(-c7ccccn7)c6c5)c4)ccc3n2)cc1. The Morgan fingerprint density at radius 1 is 0.300 bits per heavy atom. The zero-order valence-corrected chi connectivity index (χ0v) is 26.8. The van der Waals surface area contributed by atoms with E-state index in [9.17, 15) is 0 Å². The molecule has 4 heterocycles. The maximum atomic E-state index is 5.04. The summed E-state index contributed by atoms with van der Waals surface area (Å²) < 4.78 is 0. The highest BCUT2D eigenvalue weighted by Crippen LogP contribution is 2.35. The number of pyridine rings is 2. The van der Waals surface area contributed by atoms with Crippen LogP contribution in [0.4, 0.5) is 0 Å². The highest BCUT2D eigenvalue weighted by Gasteiger charge is 2.16. The average molecular weight is 641 g/mol. The van der Waals surface area contributed by atoms with Gasteiger partial charge in [0.1, 0.15) is 11.4 Å². The number of benzene rings is 5. The summed E-state index contributed by atoms with van der Waals surface area (Å²) in [5.74, 6) is 1.35. The van der Waals surface area contributed by atoms with Gasteiger partial charge in [-0.1, -0.05) is 103 Å². The summed E-state index contributed by atoms with van der Waals surface area (Å²) in [5.41, 5.74) is 11.2. The molecule has 0 amide bonds.